The van der Waals surface area contributed by atoms with Gasteiger partial charge >= 0.3 is 0 Å². The van der Waals surface area contributed by atoms with Crippen LogP contribution in [-0.2, 0) is 16.6 Å². The Hall–Kier alpha value is -1.65. The third-order valence-electron chi connectivity index (χ3n) is 3.87. The van der Waals surface area contributed by atoms with E-state index in [2.05, 4.69) is 27.2 Å². The van der Waals surface area contributed by atoms with Crippen molar-refractivity contribution in [3.8, 4) is 0 Å². The lowest BCUT2D eigenvalue weighted by Gasteiger charge is -2.22. The highest BCUT2D eigenvalue weighted by Gasteiger charge is 2.13. The van der Waals surface area contributed by atoms with E-state index in [4.69, 9.17) is 0 Å². The Bertz CT molecular complexity index is 825. The van der Waals surface area contributed by atoms with Crippen LogP contribution in [0.5, 0.6) is 0 Å². The maximum atomic E-state index is 12.3. The number of nitrogens with one attached hydrogen (secondary N) is 2. The maximum Gasteiger partial charge on any atom is 0.240 e. The van der Waals surface area contributed by atoms with Crippen LogP contribution in [0.2, 0.25) is 0 Å². The number of halogens is 1. The highest BCUT2D eigenvalue weighted by atomic mass is 127. The van der Waals surface area contributed by atoms with Gasteiger partial charge in [-0.3, -0.25) is 4.99 Å². The lowest BCUT2D eigenvalue weighted by molar-refractivity contribution is 0.477. The fraction of sp³-hybridized carbons (Fsp3) is 0.316. The van der Waals surface area contributed by atoms with E-state index >= 15 is 0 Å². The first-order valence-corrected chi connectivity index (χ1v) is 9.93. The minimum Gasteiger partial charge on any atom is -0.355 e. The Kier molecular flexibility index (Phi) is 9.75. The van der Waals surface area contributed by atoms with E-state index in [1.54, 1.807) is 31.3 Å². The molecule has 0 saturated carbocycles. The Labute approximate surface area is 179 Å². The van der Waals surface area contributed by atoms with E-state index in [9.17, 15) is 8.42 Å². The number of rotatable bonds is 7. The molecule has 8 heteroatoms. The highest BCUT2D eigenvalue weighted by molar-refractivity contribution is 14.0. The smallest absolute Gasteiger partial charge is 0.240 e. The quantitative estimate of drug-likeness (QED) is 0.264. The van der Waals surface area contributed by atoms with Crippen LogP contribution >= 0.6 is 24.0 Å². The van der Waals surface area contributed by atoms with Crippen LogP contribution in [-0.4, -0.2) is 46.5 Å². The van der Waals surface area contributed by atoms with Crippen molar-refractivity contribution in [1.82, 2.24) is 14.9 Å². The summed E-state index contributed by atoms with van der Waals surface area (Å²) in [4.78, 5) is 6.50. The number of aliphatic imine (C=N–C) groups is 1. The molecule has 0 fully saturated rings. The van der Waals surface area contributed by atoms with E-state index in [-0.39, 0.29) is 35.4 Å². The molecule has 2 N–H and O–H groups in total. The fourth-order valence-corrected chi connectivity index (χ4v) is 3.51. The number of guanidine groups is 1. The number of aryl methyl sites for hydroxylation is 1. The molecular formula is C19H27IN4O2S. The molecule has 6 nitrogen and oxygen atoms in total. The normalized spacial score (nSPS) is 11.6. The van der Waals surface area contributed by atoms with Crippen LogP contribution in [0.1, 0.15) is 11.1 Å². The molecule has 0 radical (unpaired) electrons. The number of nitrogens with zero attached hydrogens (tertiary/aromatic N) is 2. The van der Waals surface area contributed by atoms with Crippen LogP contribution in [0.15, 0.2) is 64.5 Å². The first kappa shape index (κ1) is 23.4. The summed E-state index contributed by atoms with van der Waals surface area (Å²) in [5.41, 5.74) is 2.20. The van der Waals surface area contributed by atoms with E-state index < -0.39 is 10.0 Å². The van der Waals surface area contributed by atoms with Crippen molar-refractivity contribution in [3.05, 3.63) is 65.7 Å². The molecule has 0 atom stereocenters. The van der Waals surface area contributed by atoms with Crippen LogP contribution < -0.4 is 10.0 Å². The van der Waals surface area contributed by atoms with Gasteiger partial charge in [0.25, 0.3) is 0 Å². The zero-order valence-corrected chi connectivity index (χ0v) is 19.0. The summed E-state index contributed by atoms with van der Waals surface area (Å²) < 4.78 is 27.1. The Balaban J connectivity index is 0.00000364. The zero-order valence-electron chi connectivity index (χ0n) is 15.8. The number of sulfonamides is 1. The van der Waals surface area contributed by atoms with Gasteiger partial charge in [-0.15, -0.1) is 24.0 Å². The predicted octanol–water partition coefficient (Wildman–Crippen LogP) is 2.60. The van der Waals surface area contributed by atoms with E-state index in [1.165, 1.54) is 5.56 Å². The third-order valence-corrected chi connectivity index (χ3v) is 5.34. The molecular weight excluding hydrogens is 475 g/mol. The molecule has 2 aromatic carbocycles. The summed E-state index contributed by atoms with van der Waals surface area (Å²) >= 11 is 0. The predicted molar refractivity (Wildman–Crippen MR) is 121 cm³/mol. The molecule has 0 aliphatic carbocycles. The van der Waals surface area contributed by atoms with Gasteiger partial charge in [-0.05, 0) is 24.6 Å². The molecule has 0 aliphatic rings. The molecule has 0 aliphatic heterocycles. The largest absolute Gasteiger partial charge is 0.355 e. The second-order valence-electron chi connectivity index (χ2n) is 6.03. The summed E-state index contributed by atoms with van der Waals surface area (Å²) in [6.07, 6.45) is 0. The second kappa shape index (κ2) is 11.3. The van der Waals surface area contributed by atoms with Crippen LogP contribution in [0, 0.1) is 6.92 Å². The first-order valence-electron chi connectivity index (χ1n) is 8.44. The van der Waals surface area contributed by atoms with Crippen molar-refractivity contribution in [3.63, 3.8) is 0 Å². The van der Waals surface area contributed by atoms with Gasteiger partial charge in [0.2, 0.25) is 10.0 Å². The van der Waals surface area contributed by atoms with Crippen molar-refractivity contribution < 1.29 is 8.42 Å². The molecule has 27 heavy (non-hydrogen) atoms. The molecule has 0 heterocycles. The molecule has 0 unspecified atom stereocenters. The standard InChI is InChI=1S/C19H26N4O2S.HI/c1-16-9-11-18(12-10-16)26(24,25)22-14-13-21-19(20-2)23(3)15-17-7-5-4-6-8-17;/h4-12,22H,13-15H2,1-3H3,(H,20,21);1H. The third kappa shape index (κ3) is 7.47. The monoisotopic (exact) mass is 502 g/mol. The Morgan fingerprint density at radius 1 is 1.04 bits per heavy atom. The minimum atomic E-state index is -3.49. The summed E-state index contributed by atoms with van der Waals surface area (Å²) in [5.74, 6) is 0.711. The van der Waals surface area contributed by atoms with Gasteiger partial charge in [0, 0.05) is 33.7 Å². The number of hydrogen-bond acceptors (Lipinski definition) is 3. The number of hydrogen-bond donors (Lipinski definition) is 2. The van der Waals surface area contributed by atoms with E-state index in [0.29, 0.717) is 12.5 Å². The SMILES string of the molecule is CN=C(NCCNS(=O)(=O)c1ccc(C)cc1)N(C)Cc1ccccc1.I. The lowest BCUT2D eigenvalue weighted by atomic mass is 10.2. The van der Waals surface area contributed by atoms with Gasteiger partial charge in [0.05, 0.1) is 4.90 Å². The van der Waals surface area contributed by atoms with Crippen LogP contribution in [0.3, 0.4) is 0 Å². The van der Waals surface area contributed by atoms with Gasteiger partial charge in [-0.2, -0.15) is 0 Å². The average Bonchev–Trinajstić information content (AvgIpc) is 2.63. The van der Waals surface area contributed by atoms with Gasteiger partial charge in [0.1, 0.15) is 0 Å². The average molecular weight is 502 g/mol. The molecule has 2 aromatic rings. The van der Waals surface area contributed by atoms with E-state index in [1.807, 2.05) is 37.1 Å². The molecule has 0 bridgehead atoms. The molecule has 0 saturated heterocycles. The van der Waals surface area contributed by atoms with E-state index in [0.717, 1.165) is 12.1 Å². The summed E-state index contributed by atoms with van der Waals surface area (Å²) in [6.45, 7) is 3.35. The van der Waals surface area contributed by atoms with Crippen LogP contribution in [0.4, 0.5) is 0 Å². The molecule has 2 rings (SSSR count). The van der Waals surface area contributed by atoms with Crippen molar-refractivity contribution in [2.75, 3.05) is 27.2 Å². The topological polar surface area (TPSA) is 73.8 Å². The first-order chi connectivity index (χ1) is 12.4. The summed E-state index contributed by atoms with van der Waals surface area (Å²) in [6, 6.07) is 16.9. The van der Waals surface area contributed by atoms with Crippen molar-refractivity contribution >= 4 is 40.0 Å². The van der Waals surface area contributed by atoms with Gasteiger partial charge in [-0.25, -0.2) is 13.1 Å². The lowest BCUT2D eigenvalue weighted by Crippen LogP contribution is -2.42. The van der Waals surface area contributed by atoms with Gasteiger partial charge < -0.3 is 10.2 Å². The Morgan fingerprint density at radius 2 is 1.67 bits per heavy atom. The second-order valence-corrected chi connectivity index (χ2v) is 7.79. The molecule has 0 amide bonds. The minimum absolute atomic E-state index is 0. The van der Waals surface area contributed by atoms with Gasteiger partial charge in [0.15, 0.2) is 5.96 Å². The Morgan fingerprint density at radius 3 is 2.26 bits per heavy atom. The van der Waals surface area contributed by atoms with Crippen molar-refractivity contribution in [2.24, 2.45) is 4.99 Å². The number of benzene rings is 2. The maximum absolute atomic E-state index is 12.3. The molecule has 0 aromatic heterocycles. The summed E-state index contributed by atoms with van der Waals surface area (Å²) in [7, 11) is 0.158. The van der Waals surface area contributed by atoms with Crippen molar-refractivity contribution in [2.45, 2.75) is 18.4 Å². The zero-order chi connectivity index (χ0) is 19.0. The molecule has 0 spiro atoms. The van der Waals surface area contributed by atoms with Crippen LogP contribution in [0.25, 0.3) is 0 Å². The van der Waals surface area contributed by atoms with Gasteiger partial charge in [-0.1, -0.05) is 48.0 Å². The fourth-order valence-electron chi connectivity index (χ4n) is 2.48. The summed E-state index contributed by atoms with van der Waals surface area (Å²) in [5, 5.41) is 3.17. The van der Waals surface area contributed by atoms with Crippen molar-refractivity contribution in [1.29, 1.82) is 0 Å². The molecule has 148 valence electrons. The highest BCUT2D eigenvalue weighted by Crippen LogP contribution is 2.09.